The van der Waals surface area contributed by atoms with Crippen molar-refractivity contribution in [2.24, 2.45) is 0 Å². The first-order valence-corrected chi connectivity index (χ1v) is 9.53. The zero-order chi connectivity index (χ0) is 18.4. The summed E-state index contributed by atoms with van der Waals surface area (Å²) < 4.78 is 2.11. The van der Waals surface area contributed by atoms with E-state index in [2.05, 4.69) is 20.2 Å². The lowest BCUT2D eigenvalue weighted by Gasteiger charge is -2.09. The highest BCUT2D eigenvalue weighted by molar-refractivity contribution is 7.12. The number of thiophene rings is 1. The summed E-state index contributed by atoms with van der Waals surface area (Å²) in [5, 5.41) is 7.62. The molecule has 0 spiro atoms. The van der Waals surface area contributed by atoms with Crippen LogP contribution >= 0.6 is 11.3 Å². The molecule has 0 aliphatic carbocycles. The van der Waals surface area contributed by atoms with Crippen LogP contribution in [-0.2, 0) is 11.3 Å². The summed E-state index contributed by atoms with van der Waals surface area (Å²) in [6, 6.07) is 11.6. The number of nitrogens with one attached hydrogen (secondary N) is 2. The highest BCUT2D eigenvalue weighted by atomic mass is 32.1. The minimum atomic E-state index is -0.0807. The van der Waals surface area contributed by atoms with Crippen molar-refractivity contribution in [3.05, 3.63) is 52.5 Å². The van der Waals surface area contributed by atoms with Gasteiger partial charge in [0.25, 0.3) is 5.91 Å². The van der Waals surface area contributed by atoms with E-state index in [0.717, 1.165) is 16.9 Å². The number of hydrogen-bond donors (Lipinski definition) is 2. The zero-order valence-corrected chi connectivity index (χ0v) is 15.5. The highest BCUT2D eigenvalue weighted by Crippen LogP contribution is 2.14. The Kier molecular flexibility index (Phi) is 6.01. The smallest absolute Gasteiger partial charge is 0.261 e. The summed E-state index contributed by atoms with van der Waals surface area (Å²) in [5.41, 5.74) is 2.05. The van der Waals surface area contributed by atoms with Gasteiger partial charge in [0, 0.05) is 26.1 Å². The number of rotatable bonds is 8. The SMILES string of the molecule is Cc1nc2ccccc2n1CCNC(=O)CCCNC(=O)c1cccs1. The molecule has 0 unspecified atom stereocenters. The molecule has 6 nitrogen and oxygen atoms in total. The Bertz CT molecular complexity index is 886. The summed E-state index contributed by atoms with van der Waals surface area (Å²) in [5.74, 6) is 0.858. The number of hydrogen-bond acceptors (Lipinski definition) is 4. The van der Waals surface area contributed by atoms with Gasteiger partial charge in [-0.05, 0) is 36.9 Å². The second-order valence-corrected chi connectivity index (χ2v) is 6.93. The van der Waals surface area contributed by atoms with Gasteiger partial charge < -0.3 is 15.2 Å². The standard InChI is InChI=1S/C19H22N4O2S/c1-14-22-15-6-2-3-7-16(15)23(14)12-11-20-18(24)9-4-10-21-19(25)17-8-5-13-26-17/h2-3,5-8,13H,4,9-12H2,1H3,(H,20,24)(H,21,25). The maximum Gasteiger partial charge on any atom is 0.261 e. The summed E-state index contributed by atoms with van der Waals surface area (Å²) in [6.45, 7) is 3.71. The summed E-state index contributed by atoms with van der Waals surface area (Å²) in [4.78, 5) is 28.9. The van der Waals surface area contributed by atoms with Crippen molar-refractivity contribution in [1.29, 1.82) is 0 Å². The average molecular weight is 370 g/mol. The molecule has 3 aromatic rings. The van der Waals surface area contributed by atoms with Gasteiger partial charge in [-0.25, -0.2) is 4.98 Å². The lowest BCUT2D eigenvalue weighted by Crippen LogP contribution is -2.29. The third-order valence-electron chi connectivity index (χ3n) is 4.11. The first-order chi connectivity index (χ1) is 12.6. The fourth-order valence-electron chi connectivity index (χ4n) is 2.82. The lowest BCUT2D eigenvalue weighted by atomic mass is 10.3. The number of imidazole rings is 1. The Hall–Kier alpha value is -2.67. The lowest BCUT2D eigenvalue weighted by molar-refractivity contribution is -0.121. The molecule has 2 heterocycles. The van der Waals surface area contributed by atoms with Gasteiger partial charge in [-0.1, -0.05) is 18.2 Å². The Morgan fingerprint density at radius 3 is 2.77 bits per heavy atom. The Balaban J connectivity index is 1.36. The summed E-state index contributed by atoms with van der Waals surface area (Å²) in [6.07, 6.45) is 1.02. The number of aromatic nitrogens is 2. The number of benzene rings is 1. The third kappa shape index (κ3) is 4.49. The molecule has 0 radical (unpaired) electrons. The largest absolute Gasteiger partial charge is 0.354 e. The molecule has 0 saturated heterocycles. The van der Waals surface area contributed by atoms with E-state index in [1.54, 1.807) is 6.07 Å². The van der Waals surface area contributed by atoms with E-state index >= 15 is 0 Å². The van der Waals surface area contributed by atoms with Crippen LogP contribution in [-0.4, -0.2) is 34.5 Å². The second-order valence-electron chi connectivity index (χ2n) is 5.99. The zero-order valence-electron chi connectivity index (χ0n) is 14.7. The molecule has 0 fully saturated rings. The predicted molar refractivity (Wildman–Crippen MR) is 103 cm³/mol. The molecular formula is C19H22N4O2S. The van der Waals surface area contributed by atoms with E-state index < -0.39 is 0 Å². The maximum atomic E-state index is 11.9. The van der Waals surface area contributed by atoms with Crippen LogP contribution in [0.2, 0.25) is 0 Å². The van der Waals surface area contributed by atoms with Crippen LogP contribution < -0.4 is 10.6 Å². The fourth-order valence-corrected chi connectivity index (χ4v) is 3.46. The van der Waals surface area contributed by atoms with Crippen LogP contribution in [0.15, 0.2) is 41.8 Å². The minimum Gasteiger partial charge on any atom is -0.354 e. The van der Waals surface area contributed by atoms with Crippen LogP contribution in [0.25, 0.3) is 11.0 Å². The van der Waals surface area contributed by atoms with Crippen molar-refractivity contribution in [3.63, 3.8) is 0 Å². The monoisotopic (exact) mass is 370 g/mol. The van der Waals surface area contributed by atoms with Crippen LogP contribution in [0.5, 0.6) is 0 Å². The molecule has 2 aromatic heterocycles. The number of aryl methyl sites for hydroxylation is 1. The second kappa shape index (κ2) is 8.62. The van der Waals surface area contributed by atoms with E-state index in [4.69, 9.17) is 0 Å². The van der Waals surface area contributed by atoms with Gasteiger partial charge in [0.05, 0.1) is 15.9 Å². The normalized spacial score (nSPS) is 10.8. The van der Waals surface area contributed by atoms with Crippen molar-refractivity contribution in [2.75, 3.05) is 13.1 Å². The molecule has 3 rings (SSSR count). The van der Waals surface area contributed by atoms with E-state index in [9.17, 15) is 9.59 Å². The minimum absolute atomic E-state index is 0.00236. The van der Waals surface area contributed by atoms with Crippen molar-refractivity contribution in [2.45, 2.75) is 26.3 Å². The van der Waals surface area contributed by atoms with Gasteiger partial charge in [0.2, 0.25) is 5.91 Å². The molecule has 136 valence electrons. The van der Waals surface area contributed by atoms with Crippen molar-refractivity contribution >= 4 is 34.2 Å². The Morgan fingerprint density at radius 1 is 1.12 bits per heavy atom. The van der Waals surface area contributed by atoms with Gasteiger partial charge in [0.15, 0.2) is 0 Å². The van der Waals surface area contributed by atoms with Crippen molar-refractivity contribution in [1.82, 2.24) is 20.2 Å². The van der Waals surface area contributed by atoms with Gasteiger partial charge in [-0.2, -0.15) is 0 Å². The summed E-state index contributed by atoms with van der Waals surface area (Å²) >= 11 is 1.41. The quantitative estimate of drug-likeness (QED) is 0.599. The average Bonchev–Trinajstić information content (AvgIpc) is 3.27. The van der Waals surface area contributed by atoms with Crippen molar-refractivity contribution < 1.29 is 9.59 Å². The number of para-hydroxylation sites is 2. The topological polar surface area (TPSA) is 76.0 Å². The molecule has 0 aliphatic rings. The van der Waals surface area contributed by atoms with Crippen LogP contribution in [0.1, 0.15) is 28.3 Å². The van der Waals surface area contributed by atoms with E-state index in [1.807, 2.05) is 42.6 Å². The molecular weight excluding hydrogens is 348 g/mol. The van der Waals surface area contributed by atoms with Gasteiger partial charge in [0.1, 0.15) is 5.82 Å². The van der Waals surface area contributed by atoms with Gasteiger partial charge in [-0.3, -0.25) is 9.59 Å². The molecule has 0 saturated carbocycles. The Labute approximate surface area is 156 Å². The maximum absolute atomic E-state index is 11.9. The highest BCUT2D eigenvalue weighted by Gasteiger charge is 2.08. The van der Waals surface area contributed by atoms with Gasteiger partial charge >= 0.3 is 0 Å². The van der Waals surface area contributed by atoms with Gasteiger partial charge in [-0.15, -0.1) is 11.3 Å². The van der Waals surface area contributed by atoms with Crippen LogP contribution in [0.3, 0.4) is 0 Å². The molecule has 26 heavy (non-hydrogen) atoms. The number of carbonyl (C=O) groups is 2. The third-order valence-corrected chi connectivity index (χ3v) is 4.98. The number of carbonyl (C=O) groups excluding carboxylic acids is 2. The van der Waals surface area contributed by atoms with Crippen LogP contribution in [0, 0.1) is 6.92 Å². The molecule has 2 amide bonds. The van der Waals surface area contributed by atoms with E-state index in [1.165, 1.54) is 11.3 Å². The number of nitrogens with zero attached hydrogens (tertiary/aromatic N) is 2. The molecule has 0 bridgehead atoms. The van der Waals surface area contributed by atoms with Crippen LogP contribution in [0.4, 0.5) is 0 Å². The molecule has 0 atom stereocenters. The first-order valence-electron chi connectivity index (χ1n) is 8.65. The fraction of sp³-hybridized carbons (Fsp3) is 0.316. The van der Waals surface area contributed by atoms with E-state index in [0.29, 0.717) is 37.4 Å². The number of fused-ring (bicyclic) bond motifs is 1. The molecule has 7 heteroatoms. The number of amides is 2. The molecule has 0 aliphatic heterocycles. The first kappa shape index (κ1) is 18.1. The predicted octanol–water partition coefficient (Wildman–Crippen LogP) is 2.73. The van der Waals surface area contributed by atoms with E-state index in [-0.39, 0.29) is 11.8 Å². The van der Waals surface area contributed by atoms with Crippen molar-refractivity contribution in [3.8, 4) is 0 Å². The molecule has 2 N–H and O–H groups in total. The Morgan fingerprint density at radius 2 is 1.96 bits per heavy atom. The summed E-state index contributed by atoms with van der Waals surface area (Å²) in [7, 11) is 0. The molecule has 1 aromatic carbocycles.